The van der Waals surface area contributed by atoms with E-state index in [1.165, 1.54) is 0 Å². The van der Waals surface area contributed by atoms with Gasteiger partial charge in [-0.2, -0.15) is 0 Å². The first-order chi connectivity index (χ1) is 20.6. The van der Waals surface area contributed by atoms with Crippen LogP contribution >= 0.6 is 0 Å². The SMILES string of the molecule is Cc1c(-c2ccc3nc(-c4ccc(CNCCO)cc4)oc3c2C)ccc2nc(-c3ccc(CNCCO)cc3)oc12. The van der Waals surface area contributed by atoms with Gasteiger partial charge in [-0.15, -0.1) is 0 Å². The van der Waals surface area contributed by atoms with Gasteiger partial charge in [0.25, 0.3) is 0 Å². The summed E-state index contributed by atoms with van der Waals surface area (Å²) in [6.45, 7) is 6.90. The third-order valence-corrected chi connectivity index (χ3v) is 7.54. The minimum absolute atomic E-state index is 0.121. The standard InChI is InChI=1S/C34H34N4O4/c1-21-27(11-13-29-31(21)41-33(37-29)25-7-3-23(4-8-25)19-35-15-17-39)28-12-14-30-32(22(28)2)42-34(38-30)26-9-5-24(6-10-26)20-36-16-18-40/h3-14,35-36,39-40H,15-20H2,1-2H3. The Bertz CT molecular complexity index is 1690. The lowest BCUT2D eigenvalue weighted by atomic mass is 9.95. The Kier molecular flexibility index (Phi) is 8.12. The molecule has 0 unspecified atom stereocenters. The van der Waals surface area contributed by atoms with E-state index in [4.69, 9.17) is 29.0 Å². The second kappa shape index (κ2) is 12.3. The van der Waals surface area contributed by atoms with Gasteiger partial charge in [-0.25, -0.2) is 9.97 Å². The van der Waals surface area contributed by atoms with Crippen molar-refractivity contribution >= 4 is 22.2 Å². The predicted octanol–water partition coefficient (Wildman–Crippen LogP) is 5.75. The molecule has 0 atom stereocenters. The zero-order valence-electron chi connectivity index (χ0n) is 23.8. The highest BCUT2D eigenvalue weighted by molar-refractivity contribution is 5.92. The number of aliphatic hydroxyl groups excluding tert-OH is 2. The Morgan fingerprint density at radius 2 is 0.976 bits per heavy atom. The maximum absolute atomic E-state index is 8.96. The highest BCUT2D eigenvalue weighted by Gasteiger charge is 2.18. The first kappa shape index (κ1) is 27.8. The molecule has 0 radical (unpaired) electrons. The molecule has 6 rings (SSSR count). The molecule has 0 spiro atoms. The molecule has 0 amide bonds. The van der Waals surface area contributed by atoms with E-state index in [1.54, 1.807) is 0 Å². The zero-order chi connectivity index (χ0) is 29.1. The second-order valence-corrected chi connectivity index (χ2v) is 10.4. The number of fused-ring (bicyclic) bond motifs is 2. The van der Waals surface area contributed by atoms with Gasteiger partial charge in [0.15, 0.2) is 11.2 Å². The van der Waals surface area contributed by atoms with Gasteiger partial charge < -0.3 is 29.7 Å². The third kappa shape index (κ3) is 5.57. The van der Waals surface area contributed by atoms with Gasteiger partial charge in [-0.05, 0) is 72.5 Å². The maximum atomic E-state index is 8.96. The normalized spacial score (nSPS) is 11.6. The summed E-state index contributed by atoms with van der Waals surface area (Å²) >= 11 is 0. The monoisotopic (exact) mass is 562 g/mol. The number of aliphatic hydroxyl groups is 2. The molecule has 0 saturated carbocycles. The van der Waals surface area contributed by atoms with Crippen LogP contribution in [0, 0.1) is 13.8 Å². The fourth-order valence-corrected chi connectivity index (χ4v) is 5.23. The lowest BCUT2D eigenvalue weighted by Gasteiger charge is -2.09. The Labute approximate surface area is 244 Å². The van der Waals surface area contributed by atoms with Crippen LogP contribution in [0.2, 0.25) is 0 Å². The van der Waals surface area contributed by atoms with Gasteiger partial charge in [0, 0.05) is 48.4 Å². The van der Waals surface area contributed by atoms with Crippen molar-refractivity contribution < 1.29 is 19.0 Å². The first-order valence-corrected chi connectivity index (χ1v) is 14.2. The minimum atomic E-state index is 0.121. The summed E-state index contributed by atoms with van der Waals surface area (Å²) in [7, 11) is 0. The number of rotatable bonds is 11. The summed E-state index contributed by atoms with van der Waals surface area (Å²) in [4.78, 5) is 9.52. The molecular weight excluding hydrogens is 528 g/mol. The van der Waals surface area contributed by atoms with Crippen LogP contribution in [0.15, 0.2) is 81.6 Å². The molecule has 4 aromatic carbocycles. The molecule has 2 aromatic heterocycles. The van der Waals surface area contributed by atoms with Gasteiger partial charge in [-0.3, -0.25) is 0 Å². The van der Waals surface area contributed by atoms with Crippen LogP contribution in [0.25, 0.3) is 56.2 Å². The van der Waals surface area contributed by atoms with Gasteiger partial charge >= 0.3 is 0 Å². The maximum Gasteiger partial charge on any atom is 0.227 e. The minimum Gasteiger partial charge on any atom is -0.436 e. The number of nitrogens with zero attached hydrogens (tertiary/aromatic N) is 2. The van der Waals surface area contributed by atoms with E-state index < -0.39 is 0 Å². The molecule has 8 heteroatoms. The van der Waals surface area contributed by atoms with Crippen molar-refractivity contribution in [3.63, 3.8) is 0 Å². The fraction of sp³-hybridized carbons (Fsp3) is 0.235. The van der Waals surface area contributed by atoms with Crippen molar-refractivity contribution in [1.82, 2.24) is 20.6 Å². The van der Waals surface area contributed by atoms with Crippen LogP contribution < -0.4 is 10.6 Å². The summed E-state index contributed by atoms with van der Waals surface area (Å²) in [6, 6.07) is 24.4. The van der Waals surface area contributed by atoms with Crippen molar-refractivity contribution in [3.8, 4) is 34.0 Å². The number of oxazole rings is 2. The van der Waals surface area contributed by atoms with E-state index in [0.717, 1.165) is 66.7 Å². The Balaban J connectivity index is 1.28. The molecule has 0 aliphatic rings. The Morgan fingerprint density at radius 3 is 1.36 bits per heavy atom. The molecule has 8 nitrogen and oxygen atoms in total. The number of hydrogen-bond acceptors (Lipinski definition) is 8. The smallest absolute Gasteiger partial charge is 0.227 e. The molecule has 0 bridgehead atoms. The van der Waals surface area contributed by atoms with Crippen molar-refractivity contribution in [2.45, 2.75) is 26.9 Å². The van der Waals surface area contributed by atoms with Gasteiger partial charge in [-0.1, -0.05) is 36.4 Å². The van der Waals surface area contributed by atoms with Gasteiger partial charge in [0.05, 0.1) is 13.2 Å². The fourth-order valence-electron chi connectivity index (χ4n) is 5.23. The number of benzene rings is 4. The van der Waals surface area contributed by atoms with Crippen molar-refractivity contribution in [2.75, 3.05) is 26.3 Å². The van der Waals surface area contributed by atoms with Gasteiger partial charge in [0.2, 0.25) is 11.8 Å². The molecule has 6 aromatic rings. The lowest BCUT2D eigenvalue weighted by Crippen LogP contribution is -2.17. The average molecular weight is 563 g/mol. The zero-order valence-corrected chi connectivity index (χ0v) is 23.8. The topological polar surface area (TPSA) is 117 Å². The second-order valence-electron chi connectivity index (χ2n) is 10.4. The average Bonchev–Trinajstić information content (AvgIpc) is 3.65. The van der Waals surface area contributed by atoms with Crippen molar-refractivity contribution in [2.24, 2.45) is 0 Å². The summed E-state index contributed by atoms with van der Waals surface area (Å²) < 4.78 is 12.6. The Morgan fingerprint density at radius 1 is 0.571 bits per heavy atom. The highest BCUT2D eigenvalue weighted by Crippen LogP contribution is 2.37. The molecule has 0 aliphatic carbocycles. The van der Waals surface area contributed by atoms with Crippen LogP contribution in [0.3, 0.4) is 0 Å². The van der Waals surface area contributed by atoms with Crippen LogP contribution in [-0.2, 0) is 13.1 Å². The number of nitrogens with one attached hydrogen (secondary N) is 2. The molecule has 214 valence electrons. The van der Waals surface area contributed by atoms with E-state index in [1.807, 2.05) is 60.7 Å². The van der Waals surface area contributed by atoms with Crippen LogP contribution in [0.1, 0.15) is 22.3 Å². The van der Waals surface area contributed by atoms with Gasteiger partial charge in [0.1, 0.15) is 11.0 Å². The summed E-state index contributed by atoms with van der Waals surface area (Å²) in [5.41, 5.74) is 11.4. The molecule has 0 saturated heterocycles. The van der Waals surface area contributed by atoms with Crippen LogP contribution in [-0.4, -0.2) is 46.5 Å². The van der Waals surface area contributed by atoms with Crippen LogP contribution in [0.4, 0.5) is 0 Å². The quantitative estimate of drug-likeness (QED) is 0.148. The molecule has 4 N–H and O–H groups in total. The molecule has 0 fully saturated rings. The largest absolute Gasteiger partial charge is 0.436 e. The predicted molar refractivity (Wildman–Crippen MR) is 165 cm³/mol. The third-order valence-electron chi connectivity index (χ3n) is 7.54. The molecule has 42 heavy (non-hydrogen) atoms. The molecular formula is C34H34N4O4. The number of aryl methyl sites for hydroxylation is 2. The van der Waals surface area contributed by atoms with E-state index >= 15 is 0 Å². The molecule has 0 aliphatic heterocycles. The van der Waals surface area contributed by atoms with E-state index in [9.17, 15) is 0 Å². The summed E-state index contributed by atoms with van der Waals surface area (Å²) in [5.74, 6) is 1.17. The summed E-state index contributed by atoms with van der Waals surface area (Å²) in [5, 5.41) is 24.3. The highest BCUT2D eigenvalue weighted by atomic mass is 16.4. The molecule has 2 heterocycles. The van der Waals surface area contributed by atoms with E-state index in [2.05, 4.69) is 36.6 Å². The van der Waals surface area contributed by atoms with E-state index in [0.29, 0.717) is 38.0 Å². The van der Waals surface area contributed by atoms with E-state index in [-0.39, 0.29) is 13.2 Å². The number of aromatic nitrogens is 2. The van der Waals surface area contributed by atoms with Crippen LogP contribution in [0.5, 0.6) is 0 Å². The first-order valence-electron chi connectivity index (χ1n) is 14.2. The lowest BCUT2D eigenvalue weighted by molar-refractivity contribution is 0.291. The Hall–Kier alpha value is -4.34. The van der Waals surface area contributed by atoms with Crippen molar-refractivity contribution in [3.05, 3.63) is 95.1 Å². The van der Waals surface area contributed by atoms with Crippen molar-refractivity contribution in [1.29, 1.82) is 0 Å². The number of hydrogen-bond donors (Lipinski definition) is 4. The summed E-state index contributed by atoms with van der Waals surface area (Å²) in [6.07, 6.45) is 0.